The number of carbonyl (C=O) groups excluding carboxylic acids is 3. The minimum atomic E-state index is -1.22. The van der Waals surface area contributed by atoms with Crippen LogP contribution in [0.5, 0.6) is 0 Å². The summed E-state index contributed by atoms with van der Waals surface area (Å²) in [7, 11) is 0. The van der Waals surface area contributed by atoms with Crippen molar-refractivity contribution in [3.63, 3.8) is 0 Å². The summed E-state index contributed by atoms with van der Waals surface area (Å²) in [5, 5.41) is 2.57. The normalized spacial score (nSPS) is 19.4. The number of halogens is 3. The third-order valence-corrected chi connectivity index (χ3v) is 4.80. The molecule has 1 aliphatic rings. The van der Waals surface area contributed by atoms with Crippen LogP contribution < -0.4 is 5.32 Å². The van der Waals surface area contributed by atoms with E-state index in [1.807, 2.05) is 0 Å². The standard InChI is InChI=1S/C19H15ClF2N2O3/c20-11-3-1-4-12(21)16(11)17-14(25)9-10(18(17)26)7-8-23-19(27)13-5-2-6-15(22)24-13/h1-6,10,17H,7-9H2,(H,23,27). The molecule has 5 nitrogen and oxygen atoms in total. The van der Waals surface area contributed by atoms with E-state index in [0.717, 1.165) is 12.1 Å². The van der Waals surface area contributed by atoms with E-state index in [0.29, 0.717) is 0 Å². The Morgan fingerprint density at radius 1 is 1.19 bits per heavy atom. The van der Waals surface area contributed by atoms with Crippen LogP contribution in [-0.2, 0) is 9.59 Å². The molecule has 140 valence electrons. The van der Waals surface area contributed by atoms with Crippen LogP contribution in [0.1, 0.15) is 34.8 Å². The zero-order valence-corrected chi connectivity index (χ0v) is 14.8. The first kappa shape index (κ1) is 19.1. The maximum Gasteiger partial charge on any atom is 0.269 e. The summed E-state index contributed by atoms with van der Waals surface area (Å²) >= 11 is 5.98. The Labute approximate surface area is 158 Å². The van der Waals surface area contributed by atoms with Gasteiger partial charge in [0, 0.05) is 29.5 Å². The monoisotopic (exact) mass is 392 g/mol. The van der Waals surface area contributed by atoms with Crippen molar-refractivity contribution < 1.29 is 23.2 Å². The van der Waals surface area contributed by atoms with E-state index in [-0.39, 0.29) is 35.7 Å². The van der Waals surface area contributed by atoms with Gasteiger partial charge in [-0.3, -0.25) is 14.4 Å². The second kappa shape index (κ2) is 7.92. The number of rotatable bonds is 5. The van der Waals surface area contributed by atoms with Crippen molar-refractivity contribution >= 4 is 29.1 Å². The lowest BCUT2D eigenvalue weighted by Crippen LogP contribution is -2.28. The maximum atomic E-state index is 14.1. The Morgan fingerprint density at radius 3 is 2.63 bits per heavy atom. The molecule has 1 aromatic carbocycles. The fraction of sp³-hybridized carbons (Fsp3) is 0.263. The van der Waals surface area contributed by atoms with E-state index in [4.69, 9.17) is 11.6 Å². The van der Waals surface area contributed by atoms with Crippen molar-refractivity contribution in [1.82, 2.24) is 10.3 Å². The zero-order chi connectivity index (χ0) is 19.6. The van der Waals surface area contributed by atoms with Crippen molar-refractivity contribution in [3.8, 4) is 0 Å². The third-order valence-electron chi connectivity index (χ3n) is 4.47. The van der Waals surface area contributed by atoms with Crippen LogP contribution in [0, 0.1) is 17.7 Å². The fourth-order valence-corrected chi connectivity index (χ4v) is 3.45. The molecule has 0 aliphatic heterocycles. The first-order valence-electron chi connectivity index (χ1n) is 8.29. The molecule has 1 heterocycles. The van der Waals surface area contributed by atoms with Gasteiger partial charge in [-0.1, -0.05) is 23.7 Å². The first-order valence-corrected chi connectivity index (χ1v) is 8.67. The number of nitrogens with zero attached hydrogens (tertiary/aromatic N) is 1. The van der Waals surface area contributed by atoms with Gasteiger partial charge < -0.3 is 5.32 Å². The van der Waals surface area contributed by atoms with Gasteiger partial charge in [0.25, 0.3) is 5.91 Å². The molecule has 8 heteroatoms. The molecule has 2 aromatic rings. The highest BCUT2D eigenvalue weighted by Gasteiger charge is 2.43. The predicted molar refractivity (Wildman–Crippen MR) is 93.4 cm³/mol. The van der Waals surface area contributed by atoms with Crippen LogP contribution >= 0.6 is 11.6 Å². The molecule has 2 atom stereocenters. The van der Waals surface area contributed by atoms with E-state index < -0.39 is 41.1 Å². The number of benzene rings is 1. The second-order valence-electron chi connectivity index (χ2n) is 6.23. The number of carbonyl (C=O) groups is 3. The van der Waals surface area contributed by atoms with Gasteiger partial charge >= 0.3 is 0 Å². The Balaban J connectivity index is 1.63. The lowest BCUT2D eigenvalue weighted by molar-refractivity contribution is -0.124. The highest BCUT2D eigenvalue weighted by atomic mass is 35.5. The summed E-state index contributed by atoms with van der Waals surface area (Å²) in [6.45, 7) is 0.0957. The van der Waals surface area contributed by atoms with Crippen molar-refractivity contribution in [1.29, 1.82) is 0 Å². The molecule has 1 aromatic heterocycles. The van der Waals surface area contributed by atoms with Crippen LogP contribution in [0.2, 0.25) is 5.02 Å². The Bertz CT molecular complexity index is 899. The van der Waals surface area contributed by atoms with Crippen LogP contribution in [0.25, 0.3) is 0 Å². The summed E-state index contributed by atoms with van der Waals surface area (Å²) in [6, 6.07) is 7.82. The highest BCUT2D eigenvalue weighted by molar-refractivity contribution is 6.32. The van der Waals surface area contributed by atoms with Crippen molar-refractivity contribution in [3.05, 3.63) is 64.4 Å². The van der Waals surface area contributed by atoms with Crippen LogP contribution in [0.3, 0.4) is 0 Å². The molecule has 1 saturated carbocycles. The SMILES string of the molecule is O=C(NCCC1CC(=O)C(c2c(F)cccc2Cl)C1=O)c1cccc(F)n1. The lowest BCUT2D eigenvalue weighted by atomic mass is 9.93. The first-order chi connectivity index (χ1) is 12.9. The van der Waals surface area contributed by atoms with Gasteiger partial charge in [-0.2, -0.15) is 4.39 Å². The largest absolute Gasteiger partial charge is 0.351 e. The summed E-state index contributed by atoms with van der Waals surface area (Å²) in [4.78, 5) is 40.3. The van der Waals surface area contributed by atoms with E-state index in [1.165, 1.54) is 24.3 Å². The number of ketones is 2. The van der Waals surface area contributed by atoms with Gasteiger partial charge in [0.15, 0.2) is 5.78 Å². The molecule has 27 heavy (non-hydrogen) atoms. The summed E-state index contributed by atoms with van der Waals surface area (Å²) in [6.07, 6.45) is 0.163. The average molecular weight is 393 g/mol. The summed E-state index contributed by atoms with van der Waals surface area (Å²) in [5.41, 5.74) is -0.176. The molecule has 0 radical (unpaired) electrons. The minimum absolute atomic E-state index is 0.0350. The van der Waals surface area contributed by atoms with Crippen molar-refractivity contribution in [2.45, 2.75) is 18.8 Å². The van der Waals surface area contributed by atoms with Gasteiger partial charge in [0.2, 0.25) is 5.95 Å². The van der Waals surface area contributed by atoms with Crippen LogP contribution in [0.4, 0.5) is 8.78 Å². The molecular weight excluding hydrogens is 378 g/mol. The number of pyridine rings is 1. The molecular formula is C19H15ClF2N2O3. The molecule has 1 N–H and O–H groups in total. The Kier molecular flexibility index (Phi) is 5.60. The minimum Gasteiger partial charge on any atom is -0.351 e. The molecule has 0 spiro atoms. The molecule has 0 saturated heterocycles. The van der Waals surface area contributed by atoms with E-state index in [1.54, 1.807) is 0 Å². The molecule has 1 aliphatic carbocycles. The predicted octanol–water partition coefficient (Wildman–Crippen LogP) is 3.08. The average Bonchev–Trinajstić information content (AvgIpc) is 2.89. The Morgan fingerprint density at radius 2 is 1.93 bits per heavy atom. The van der Waals surface area contributed by atoms with Crippen molar-refractivity contribution in [2.75, 3.05) is 6.54 Å². The van der Waals surface area contributed by atoms with Crippen molar-refractivity contribution in [2.24, 2.45) is 5.92 Å². The summed E-state index contributed by atoms with van der Waals surface area (Å²) < 4.78 is 27.1. The van der Waals surface area contributed by atoms with Gasteiger partial charge in [-0.05, 0) is 30.7 Å². The zero-order valence-electron chi connectivity index (χ0n) is 14.0. The van der Waals surface area contributed by atoms with Crippen LogP contribution in [-0.4, -0.2) is 29.0 Å². The van der Waals surface area contributed by atoms with E-state index >= 15 is 0 Å². The maximum absolute atomic E-state index is 14.1. The topological polar surface area (TPSA) is 76.1 Å². The number of nitrogens with one attached hydrogen (secondary N) is 1. The number of hydrogen-bond donors (Lipinski definition) is 1. The Hall–Kier alpha value is -2.67. The quantitative estimate of drug-likeness (QED) is 0.626. The highest BCUT2D eigenvalue weighted by Crippen LogP contribution is 2.38. The fourth-order valence-electron chi connectivity index (χ4n) is 3.17. The van der Waals surface area contributed by atoms with E-state index in [2.05, 4.69) is 10.3 Å². The molecule has 0 bridgehead atoms. The number of amides is 1. The van der Waals surface area contributed by atoms with Gasteiger partial charge in [0.1, 0.15) is 23.2 Å². The second-order valence-corrected chi connectivity index (χ2v) is 6.64. The number of Topliss-reactive ketones (excluding diaryl/α,β-unsaturated/α-hetero) is 2. The molecule has 1 fully saturated rings. The van der Waals surface area contributed by atoms with E-state index in [9.17, 15) is 23.2 Å². The summed E-state index contributed by atoms with van der Waals surface area (Å²) in [5.74, 6) is -4.72. The smallest absolute Gasteiger partial charge is 0.269 e. The van der Waals surface area contributed by atoms with Gasteiger partial charge in [-0.15, -0.1) is 0 Å². The van der Waals surface area contributed by atoms with Gasteiger partial charge in [-0.25, -0.2) is 9.37 Å². The third kappa shape index (κ3) is 4.03. The number of aromatic nitrogens is 1. The lowest BCUT2D eigenvalue weighted by Gasteiger charge is -2.12. The molecule has 3 rings (SSSR count). The van der Waals surface area contributed by atoms with Crippen LogP contribution in [0.15, 0.2) is 36.4 Å². The molecule has 2 unspecified atom stereocenters. The molecule has 1 amide bonds. The number of hydrogen-bond acceptors (Lipinski definition) is 4. The van der Waals surface area contributed by atoms with Gasteiger partial charge in [0.05, 0.1) is 0 Å².